The maximum atomic E-state index is 13.9. The number of terminal acetylenes is 1. The summed E-state index contributed by atoms with van der Waals surface area (Å²) in [4.78, 5) is 41.3. The zero-order valence-corrected chi connectivity index (χ0v) is 22.2. The topological polar surface area (TPSA) is 112 Å². The van der Waals surface area contributed by atoms with E-state index in [1.165, 1.54) is 0 Å². The maximum Gasteiger partial charge on any atom is 0.408 e. The van der Waals surface area contributed by atoms with Gasteiger partial charge in [-0.3, -0.25) is 9.59 Å². The van der Waals surface area contributed by atoms with Crippen LogP contribution in [0, 0.1) is 36.5 Å². The van der Waals surface area contributed by atoms with Crippen molar-refractivity contribution in [1.29, 1.82) is 5.26 Å². The first-order valence-electron chi connectivity index (χ1n) is 12.0. The summed E-state index contributed by atoms with van der Waals surface area (Å²) in [6.07, 6.45) is 4.95. The predicted molar refractivity (Wildman–Crippen MR) is 142 cm³/mol. The highest BCUT2D eigenvalue weighted by Crippen LogP contribution is 2.28. The van der Waals surface area contributed by atoms with Gasteiger partial charge in [-0.25, -0.2) is 4.79 Å². The summed E-state index contributed by atoms with van der Waals surface area (Å²) in [7, 11) is 0. The third-order valence-corrected chi connectivity index (χ3v) is 5.50. The second-order valence-corrected chi connectivity index (χ2v) is 9.93. The van der Waals surface area contributed by atoms with Crippen molar-refractivity contribution < 1.29 is 19.1 Å². The van der Waals surface area contributed by atoms with Crippen LogP contribution < -0.4 is 10.6 Å². The molecule has 2 aromatic carbocycles. The number of nitriles is 1. The number of para-hydroxylation sites is 1. The van der Waals surface area contributed by atoms with E-state index in [0.29, 0.717) is 16.8 Å². The van der Waals surface area contributed by atoms with Crippen molar-refractivity contribution in [3.8, 4) is 18.4 Å². The predicted octanol–water partition coefficient (Wildman–Crippen LogP) is 4.56. The summed E-state index contributed by atoms with van der Waals surface area (Å²) in [5.41, 5.74) is 1.41. The van der Waals surface area contributed by atoms with Gasteiger partial charge in [0.05, 0.1) is 6.07 Å². The van der Waals surface area contributed by atoms with Gasteiger partial charge < -0.3 is 20.3 Å². The number of hydrogen-bond donors (Lipinski definition) is 2. The van der Waals surface area contributed by atoms with Crippen LogP contribution in [0.5, 0.6) is 0 Å². The van der Waals surface area contributed by atoms with E-state index in [4.69, 9.17) is 11.2 Å². The molecule has 2 atom stereocenters. The molecule has 2 aromatic rings. The largest absolute Gasteiger partial charge is 0.444 e. The number of benzene rings is 2. The molecule has 194 valence electrons. The molecule has 0 heterocycles. The average molecular weight is 503 g/mol. The van der Waals surface area contributed by atoms with Crippen LogP contribution >= 0.6 is 0 Å². The smallest absolute Gasteiger partial charge is 0.408 e. The number of amides is 3. The van der Waals surface area contributed by atoms with E-state index in [9.17, 15) is 19.6 Å². The molecule has 0 saturated carbocycles. The molecular formula is C29H34N4O4. The highest BCUT2D eigenvalue weighted by atomic mass is 16.6. The highest BCUT2D eigenvalue weighted by Gasteiger charge is 2.38. The first kappa shape index (κ1) is 28.9. The van der Waals surface area contributed by atoms with Crippen molar-refractivity contribution in [3.05, 3.63) is 65.2 Å². The Labute approximate surface area is 219 Å². The number of rotatable bonds is 8. The van der Waals surface area contributed by atoms with Crippen molar-refractivity contribution in [2.45, 2.75) is 59.2 Å². The quantitative estimate of drug-likeness (QED) is 0.406. The van der Waals surface area contributed by atoms with Crippen LogP contribution in [-0.2, 0) is 14.3 Å². The molecule has 0 aromatic heterocycles. The summed E-state index contributed by atoms with van der Waals surface area (Å²) < 4.78 is 5.34. The number of aryl methyl sites for hydroxylation is 1. The molecule has 2 rings (SSSR count). The number of carbonyl (C=O) groups excluding carboxylic acids is 3. The zero-order chi connectivity index (χ0) is 27.8. The Bertz CT molecular complexity index is 1220. The molecule has 8 heteroatoms. The van der Waals surface area contributed by atoms with Gasteiger partial charge in [0.1, 0.15) is 24.2 Å². The molecule has 3 amide bonds. The van der Waals surface area contributed by atoms with Crippen LogP contribution in [0.1, 0.15) is 57.4 Å². The molecule has 2 unspecified atom stereocenters. The van der Waals surface area contributed by atoms with Crippen LogP contribution in [0.3, 0.4) is 0 Å². The third-order valence-electron chi connectivity index (χ3n) is 5.50. The zero-order valence-electron chi connectivity index (χ0n) is 22.2. The van der Waals surface area contributed by atoms with Gasteiger partial charge in [0.25, 0.3) is 5.91 Å². The number of alkyl carbamates (subject to hydrolysis) is 1. The van der Waals surface area contributed by atoms with Gasteiger partial charge in [-0.1, -0.05) is 56.2 Å². The fourth-order valence-electron chi connectivity index (χ4n) is 3.73. The van der Waals surface area contributed by atoms with E-state index in [2.05, 4.69) is 16.6 Å². The molecular weight excluding hydrogens is 468 g/mol. The van der Waals surface area contributed by atoms with Crippen molar-refractivity contribution in [1.82, 2.24) is 10.2 Å². The minimum Gasteiger partial charge on any atom is -0.444 e. The molecule has 0 aliphatic rings. The molecule has 8 nitrogen and oxygen atoms in total. The third kappa shape index (κ3) is 7.85. The summed E-state index contributed by atoms with van der Waals surface area (Å²) >= 11 is 0. The first-order valence-corrected chi connectivity index (χ1v) is 12.0. The maximum absolute atomic E-state index is 13.9. The minimum atomic E-state index is -1.24. The van der Waals surface area contributed by atoms with Crippen LogP contribution in [0.2, 0.25) is 0 Å². The van der Waals surface area contributed by atoms with Crippen molar-refractivity contribution in [2.24, 2.45) is 5.92 Å². The van der Waals surface area contributed by atoms with Gasteiger partial charge in [-0.15, -0.1) is 6.42 Å². The van der Waals surface area contributed by atoms with Gasteiger partial charge in [0.15, 0.2) is 0 Å². The molecule has 37 heavy (non-hydrogen) atoms. The summed E-state index contributed by atoms with van der Waals surface area (Å²) in [5.74, 6) is 1.04. The van der Waals surface area contributed by atoms with E-state index in [-0.39, 0.29) is 5.92 Å². The van der Waals surface area contributed by atoms with E-state index < -0.39 is 42.1 Å². The number of hydrogen-bond acceptors (Lipinski definition) is 5. The summed E-state index contributed by atoms with van der Waals surface area (Å²) in [6, 6.07) is 13.7. The summed E-state index contributed by atoms with van der Waals surface area (Å²) in [6.45, 7) is 10.1. The standard InChI is InChI=1S/C29H34N4O4/c1-8-21-14-10-11-15-22(21)25(26(34)31-23-16-12-9-13-20(23)4)33(18-17-30)27(35)24(19(2)3)32-28(36)37-29(5,6)7/h1,9-16,19,24-25H,18H2,2-7H3,(H,31,34)(H,32,36). The molecule has 0 aliphatic heterocycles. The van der Waals surface area contributed by atoms with Gasteiger partial charge in [-0.05, 0) is 56.9 Å². The van der Waals surface area contributed by atoms with Crippen molar-refractivity contribution >= 4 is 23.6 Å². The van der Waals surface area contributed by atoms with E-state index in [1.54, 1.807) is 71.0 Å². The molecule has 0 bridgehead atoms. The van der Waals surface area contributed by atoms with E-state index >= 15 is 0 Å². The Morgan fingerprint density at radius 3 is 2.27 bits per heavy atom. The second kappa shape index (κ2) is 12.6. The molecule has 0 saturated heterocycles. The number of ether oxygens (including phenoxy) is 1. The van der Waals surface area contributed by atoms with Crippen LogP contribution in [0.4, 0.5) is 10.5 Å². The minimum absolute atomic E-state index is 0.371. The Balaban J connectivity index is 2.57. The van der Waals surface area contributed by atoms with Gasteiger partial charge in [0, 0.05) is 11.3 Å². The summed E-state index contributed by atoms with van der Waals surface area (Å²) in [5, 5.41) is 15.1. The Hall–Kier alpha value is -4.30. The SMILES string of the molecule is C#Cc1ccccc1C(C(=O)Nc1ccccc1C)N(CC#N)C(=O)C(NC(=O)OC(C)(C)C)C(C)C. The Morgan fingerprint density at radius 2 is 1.70 bits per heavy atom. The lowest BCUT2D eigenvalue weighted by Crippen LogP contribution is -2.54. The van der Waals surface area contributed by atoms with Crippen molar-refractivity contribution in [3.63, 3.8) is 0 Å². The number of nitrogens with zero attached hydrogens (tertiary/aromatic N) is 2. The average Bonchev–Trinajstić information content (AvgIpc) is 2.82. The monoisotopic (exact) mass is 502 g/mol. The lowest BCUT2D eigenvalue weighted by atomic mass is 9.95. The lowest BCUT2D eigenvalue weighted by molar-refractivity contribution is -0.140. The molecule has 2 N–H and O–H groups in total. The first-order chi connectivity index (χ1) is 17.4. The Morgan fingerprint density at radius 1 is 1.08 bits per heavy atom. The number of anilines is 1. The van der Waals surface area contributed by atoms with Gasteiger partial charge in [-0.2, -0.15) is 5.26 Å². The van der Waals surface area contributed by atoms with Gasteiger partial charge >= 0.3 is 6.09 Å². The van der Waals surface area contributed by atoms with Crippen LogP contribution in [0.15, 0.2) is 48.5 Å². The fraction of sp³-hybridized carbons (Fsp3) is 0.379. The van der Waals surface area contributed by atoms with E-state index in [1.807, 2.05) is 25.1 Å². The van der Waals surface area contributed by atoms with Crippen LogP contribution in [-0.4, -0.2) is 41.0 Å². The highest BCUT2D eigenvalue weighted by molar-refractivity contribution is 5.99. The molecule has 0 spiro atoms. The molecule has 0 radical (unpaired) electrons. The van der Waals surface area contributed by atoms with Gasteiger partial charge in [0.2, 0.25) is 5.91 Å². The fourth-order valence-corrected chi connectivity index (χ4v) is 3.73. The normalized spacial score (nSPS) is 12.5. The number of nitrogens with one attached hydrogen (secondary N) is 2. The van der Waals surface area contributed by atoms with Crippen LogP contribution in [0.25, 0.3) is 0 Å². The molecule has 0 fully saturated rings. The van der Waals surface area contributed by atoms with Crippen molar-refractivity contribution in [2.75, 3.05) is 11.9 Å². The second-order valence-electron chi connectivity index (χ2n) is 9.93. The lowest BCUT2D eigenvalue weighted by Gasteiger charge is -2.34. The van der Waals surface area contributed by atoms with E-state index in [0.717, 1.165) is 10.5 Å². The number of carbonyl (C=O) groups is 3. The Kier molecular flexibility index (Phi) is 9.85. The molecule has 0 aliphatic carbocycles.